The number of halogens is 1. The zero-order valence-electron chi connectivity index (χ0n) is 27.3. The van der Waals surface area contributed by atoms with Crippen LogP contribution >= 0.6 is 0 Å². The molecule has 1 aliphatic heterocycles. The van der Waals surface area contributed by atoms with Gasteiger partial charge in [0.25, 0.3) is 5.91 Å². The molecule has 7 rings (SSSR count). The number of carbonyl (C=O) groups is 1. The standard InChI is InChI=1S/C39H35FN4O6/c1-47-30-17-13-28(14-18-30)39(27-11-7-4-8-12-27,29-15-19-31(48-2)20-16-29)49-23-32-35(45)34(40)36(50-32)26-21-33-41-24-42-38(44(33)22-26)43-37(46)25-9-5-3-6-10-25/h3-22,24,32,34-36,45H,23H2,1-2H3,(H,41,42,43,46)/t32-,34-,35-,36+/m1/s1. The second kappa shape index (κ2) is 14.1. The van der Waals surface area contributed by atoms with Crippen molar-refractivity contribution in [1.82, 2.24) is 14.4 Å². The number of fused-ring (bicyclic) bond motifs is 1. The van der Waals surface area contributed by atoms with Gasteiger partial charge in [0.1, 0.15) is 47.4 Å². The number of anilines is 1. The van der Waals surface area contributed by atoms with Crippen molar-refractivity contribution < 1.29 is 33.2 Å². The SMILES string of the molecule is COc1ccc(C(OC[C@H]2O[C@@H](c3cc4ncnc(NC(=O)c5ccccc5)n4c3)[C@H](F)[C@@H]2O)(c2ccccc2)c2ccc(OC)cc2)cc1. The first kappa shape index (κ1) is 32.9. The number of methoxy groups -OCH3 is 2. The average Bonchev–Trinajstić information content (AvgIpc) is 3.73. The van der Waals surface area contributed by atoms with Crippen molar-refractivity contribution in [3.63, 3.8) is 0 Å². The Bertz CT molecular complexity index is 2010. The van der Waals surface area contributed by atoms with Gasteiger partial charge in [-0.2, -0.15) is 0 Å². The van der Waals surface area contributed by atoms with Crippen molar-refractivity contribution in [3.8, 4) is 11.5 Å². The van der Waals surface area contributed by atoms with Crippen molar-refractivity contribution in [3.05, 3.63) is 156 Å². The number of aliphatic hydroxyl groups excluding tert-OH is 1. The summed E-state index contributed by atoms with van der Waals surface area (Å²) in [5, 5.41) is 14.0. The van der Waals surface area contributed by atoms with Gasteiger partial charge < -0.3 is 24.1 Å². The Kier molecular flexibility index (Phi) is 9.27. The van der Waals surface area contributed by atoms with Crippen LogP contribution in [0.15, 0.2) is 128 Å². The lowest BCUT2D eigenvalue weighted by molar-refractivity contribution is -0.0828. The van der Waals surface area contributed by atoms with Crippen LogP contribution in [0, 0.1) is 0 Å². The Morgan fingerprint density at radius 1 is 0.860 bits per heavy atom. The number of benzene rings is 4. The predicted octanol–water partition coefficient (Wildman–Crippen LogP) is 6.15. The average molecular weight is 675 g/mol. The Morgan fingerprint density at radius 2 is 1.44 bits per heavy atom. The Hall–Kier alpha value is -5.62. The van der Waals surface area contributed by atoms with Crippen LogP contribution in [0.5, 0.6) is 11.5 Å². The molecule has 6 aromatic rings. The van der Waals surface area contributed by atoms with Crippen LogP contribution in [0.2, 0.25) is 0 Å². The fourth-order valence-corrected chi connectivity index (χ4v) is 6.37. The maximum Gasteiger partial charge on any atom is 0.257 e. The molecule has 10 nitrogen and oxygen atoms in total. The van der Waals surface area contributed by atoms with Crippen LogP contribution in [-0.4, -0.2) is 64.6 Å². The molecule has 11 heteroatoms. The summed E-state index contributed by atoms with van der Waals surface area (Å²) in [7, 11) is 3.20. The van der Waals surface area contributed by atoms with E-state index in [1.54, 1.807) is 55.1 Å². The fraction of sp³-hybridized carbons (Fsp3) is 0.205. The third-order valence-corrected chi connectivity index (χ3v) is 8.96. The lowest BCUT2D eigenvalue weighted by atomic mass is 9.80. The summed E-state index contributed by atoms with van der Waals surface area (Å²) in [4.78, 5) is 21.4. The first-order valence-electron chi connectivity index (χ1n) is 16.1. The molecule has 0 radical (unpaired) electrons. The van der Waals surface area contributed by atoms with E-state index in [0.29, 0.717) is 28.3 Å². The smallest absolute Gasteiger partial charge is 0.257 e. The van der Waals surface area contributed by atoms with Crippen molar-refractivity contribution in [1.29, 1.82) is 0 Å². The molecule has 254 valence electrons. The molecule has 1 fully saturated rings. The number of hydrogen-bond acceptors (Lipinski definition) is 8. The van der Waals surface area contributed by atoms with E-state index in [2.05, 4.69) is 15.3 Å². The molecule has 0 bridgehead atoms. The van der Waals surface area contributed by atoms with E-state index in [-0.39, 0.29) is 18.5 Å². The second-order valence-electron chi connectivity index (χ2n) is 11.9. The van der Waals surface area contributed by atoms with Crippen LogP contribution in [0.4, 0.5) is 10.3 Å². The number of aliphatic hydroxyl groups is 1. The van der Waals surface area contributed by atoms with E-state index in [0.717, 1.165) is 16.7 Å². The molecule has 3 heterocycles. The zero-order chi connectivity index (χ0) is 34.7. The topological polar surface area (TPSA) is 116 Å². The van der Waals surface area contributed by atoms with Gasteiger partial charge in [0.2, 0.25) is 5.95 Å². The third kappa shape index (κ3) is 6.18. The Balaban J connectivity index is 1.19. The van der Waals surface area contributed by atoms with Gasteiger partial charge in [-0.25, -0.2) is 14.4 Å². The number of nitrogens with zero attached hydrogens (tertiary/aromatic N) is 3. The summed E-state index contributed by atoms with van der Waals surface area (Å²) in [6.45, 7) is -0.156. The molecule has 4 aromatic carbocycles. The Morgan fingerprint density at radius 3 is 2.04 bits per heavy atom. The molecule has 2 aromatic heterocycles. The Labute approximate surface area is 288 Å². The van der Waals surface area contributed by atoms with E-state index in [1.807, 2.05) is 84.9 Å². The molecule has 1 aliphatic rings. The number of alkyl halides is 1. The van der Waals surface area contributed by atoms with Crippen LogP contribution in [0.25, 0.3) is 5.65 Å². The van der Waals surface area contributed by atoms with Gasteiger partial charge in [0, 0.05) is 17.3 Å². The number of aromatic nitrogens is 3. The van der Waals surface area contributed by atoms with E-state index in [9.17, 15) is 9.90 Å². The molecule has 0 spiro atoms. The zero-order valence-corrected chi connectivity index (χ0v) is 27.3. The minimum absolute atomic E-state index is 0.156. The number of nitrogens with one attached hydrogen (secondary N) is 1. The summed E-state index contributed by atoms with van der Waals surface area (Å²) >= 11 is 0. The van der Waals surface area contributed by atoms with Gasteiger partial charge >= 0.3 is 0 Å². The normalized spacial score (nSPS) is 19.0. The van der Waals surface area contributed by atoms with Gasteiger partial charge in [-0.15, -0.1) is 0 Å². The van der Waals surface area contributed by atoms with Crippen LogP contribution in [0.3, 0.4) is 0 Å². The van der Waals surface area contributed by atoms with E-state index >= 15 is 4.39 Å². The van der Waals surface area contributed by atoms with E-state index in [1.165, 1.54) is 6.33 Å². The summed E-state index contributed by atoms with van der Waals surface area (Å²) < 4.78 is 41.5. The van der Waals surface area contributed by atoms with Gasteiger partial charge in [0.05, 0.1) is 20.8 Å². The molecular formula is C39H35FN4O6. The minimum atomic E-state index is -1.77. The monoisotopic (exact) mass is 674 g/mol. The number of carbonyl (C=O) groups excluding carboxylic acids is 1. The van der Waals surface area contributed by atoms with Crippen molar-refractivity contribution in [2.24, 2.45) is 0 Å². The summed E-state index contributed by atoms with van der Waals surface area (Å²) in [5.74, 6) is 1.20. The largest absolute Gasteiger partial charge is 0.497 e. The third-order valence-electron chi connectivity index (χ3n) is 8.96. The summed E-state index contributed by atoms with van der Waals surface area (Å²) in [5.41, 5.74) is 2.52. The number of rotatable bonds is 11. The predicted molar refractivity (Wildman–Crippen MR) is 184 cm³/mol. The van der Waals surface area contributed by atoms with Crippen molar-refractivity contribution in [2.75, 3.05) is 26.1 Å². The number of amides is 1. The maximum absolute atomic E-state index is 16.0. The van der Waals surface area contributed by atoms with Gasteiger partial charge in [0.15, 0.2) is 6.17 Å². The quantitative estimate of drug-likeness (QED) is 0.157. The van der Waals surface area contributed by atoms with Crippen molar-refractivity contribution >= 4 is 17.5 Å². The first-order valence-corrected chi connectivity index (χ1v) is 16.1. The summed E-state index contributed by atoms with van der Waals surface area (Å²) in [6, 6.07) is 35.2. The highest BCUT2D eigenvalue weighted by atomic mass is 19.1. The molecule has 1 saturated heterocycles. The lowest BCUT2D eigenvalue weighted by Gasteiger charge is -2.37. The number of ether oxygens (including phenoxy) is 4. The molecule has 1 amide bonds. The highest BCUT2D eigenvalue weighted by Crippen LogP contribution is 2.44. The minimum Gasteiger partial charge on any atom is -0.497 e. The van der Waals surface area contributed by atoms with Gasteiger partial charge in [-0.1, -0.05) is 72.8 Å². The van der Waals surface area contributed by atoms with Crippen LogP contribution in [-0.2, 0) is 15.1 Å². The highest BCUT2D eigenvalue weighted by Gasteiger charge is 2.47. The molecule has 0 saturated carbocycles. The highest BCUT2D eigenvalue weighted by molar-refractivity contribution is 6.03. The molecular weight excluding hydrogens is 639 g/mol. The summed E-state index contributed by atoms with van der Waals surface area (Å²) in [6.07, 6.45) is -2.51. The fourth-order valence-electron chi connectivity index (χ4n) is 6.37. The second-order valence-corrected chi connectivity index (χ2v) is 11.9. The molecule has 0 aliphatic carbocycles. The first-order chi connectivity index (χ1) is 24.4. The van der Waals surface area contributed by atoms with Crippen LogP contribution in [0.1, 0.15) is 38.7 Å². The van der Waals surface area contributed by atoms with Crippen LogP contribution < -0.4 is 14.8 Å². The molecule has 2 N–H and O–H groups in total. The molecule has 50 heavy (non-hydrogen) atoms. The van der Waals surface area contributed by atoms with E-state index < -0.39 is 30.1 Å². The molecule has 4 atom stereocenters. The van der Waals surface area contributed by atoms with Gasteiger partial charge in [-0.05, 0) is 59.2 Å². The van der Waals surface area contributed by atoms with E-state index in [4.69, 9.17) is 18.9 Å². The molecule has 0 unspecified atom stereocenters. The number of hydrogen-bond donors (Lipinski definition) is 2. The van der Waals surface area contributed by atoms with Crippen molar-refractivity contribution in [2.45, 2.75) is 30.1 Å². The maximum atomic E-state index is 16.0. The lowest BCUT2D eigenvalue weighted by Crippen LogP contribution is -2.39. The van der Waals surface area contributed by atoms with Gasteiger partial charge in [-0.3, -0.25) is 14.5 Å².